The molecule has 2 heterocycles. The van der Waals surface area contributed by atoms with Crippen LogP contribution in [-0.2, 0) is 9.84 Å². The molecule has 0 amide bonds. The summed E-state index contributed by atoms with van der Waals surface area (Å²) in [6.45, 7) is 0. The van der Waals surface area contributed by atoms with Gasteiger partial charge in [0.15, 0.2) is 9.84 Å². The summed E-state index contributed by atoms with van der Waals surface area (Å²) >= 11 is 0. The first-order valence-corrected chi connectivity index (χ1v) is 7.97. The fourth-order valence-corrected chi connectivity index (χ4v) is 2.42. The van der Waals surface area contributed by atoms with Crippen LogP contribution in [0.5, 0.6) is 0 Å². The summed E-state index contributed by atoms with van der Waals surface area (Å²) in [4.78, 5) is 4.24. The molecule has 106 valence electrons. The van der Waals surface area contributed by atoms with E-state index in [0.29, 0.717) is 17.3 Å². The smallest absolute Gasteiger partial charge is 0.249 e. The molecule has 7 heteroatoms. The van der Waals surface area contributed by atoms with E-state index in [1.54, 1.807) is 30.6 Å². The Labute approximate surface area is 121 Å². The average molecular weight is 301 g/mol. The van der Waals surface area contributed by atoms with Gasteiger partial charge in [-0.3, -0.25) is 4.98 Å². The number of pyridine rings is 1. The lowest BCUT2D eigenvalue weighted by molar-refractivity contribution is 0.584. The number of rotatable bonds is 3. The maximum atomic E-state index is 11.4. The van der Waals surface area contributed by atoms with Crippen LogP contribution in [0.3, 0.4) is 0 Å². The Morgan fingerprint density at radius 3 is 2.19 bits per heavy atom. The Morgan fingerprint density at radius 1 is 0.952 bits per heavy atom. The van der Waals surface area contributed by atoms with E-state index in [1.807, 2.05) is 6.07 Å². The van der Waals surface area contributed by atoms with Crippen LogP contribution in [0.2, 0.25) is 0 Å². The van der Waals surface area contributed by atoms with E-state index in [9.17, 15) is 8.42 Å². The van der Waals surface area contributed by atoms with Crippen molar-refractivity contribution in [3.63, 3.8) is 0 Å². The fraction of sp³-hybridized carbons (Fsp3) is 0.0714. The van der Waals surface area contributed by atoms with Crippen LogP contribution in [0, 0.1) is 0 Å². The number of hydrogen-bond donors (Lipinski definition) is 0. The van der Waals surface area contributed by atoms with E-state index in [0.717, 1.165) is 11.8 Å². The Bertz CT molecular complexity index is 856. The highest BCUT2D eigenvalue weighted by atomic mass is 32.2. The van der Waals surface area contributed by atoms with Crippen LogP contribution in [0.15, 0.2) is 58.1 Å². The molecule has 0 aliphatic heterocycles. The Kier molecular flexibility index (Phi) is 3.26. The van der Waals surface area contributed by atoms with Crippen molar-refractivity contribution in [1.82, 2.24) is 15.2 Å². The zero-order valence-corrected chi connectivity index (χ0v) is 11.9. The zero-order chi connectivity index (χ0) is 14.9. The van der Waals surface area contributed by atoms with Crippen LogP contribution < -0.4 is 0 Å². The third kappa shape index (κ3) is 2.82. The summed E-state index contributed by atoms with van der Waals surface area (Å²) in [6.07, 6.45) is 4.45. The van der Waals surface area contributed by atoms with Gasteiger partial charge < -0.3 is 4.42 Å². The van der Waals surface area contributed by atoms with Gasteiger partial charge in [-0.2, -0.15) is 0 Å². The first-order valence-electron chi connectivity index (χ1n) is 6.08. The monoisotopic (exact) mass is 301 g/mol. The lowest BCUT2D eigenvalue weighted by atomic mass is 10.2. The second-order valence-electron chi connectivity index (χ2n) is 4.45. The zero-order valence-electron chi connectivity index (χ0n) is 11.1. The van der Waals surface area contributed by atoms with Crippen LogP contribution in [0.25, 0.3) is 22.9 Å². The largest absolute Gasteiger partial charge is 0.416 e. The molecular formula is C14H11N3O3S. The van der Waals surface area contributed by atoms with Gasteiger partial charge in [-0.15, -0.1) is 10.2 Å². The molecule has 0 saturated carbocycles. The lowest BCUT2D eigenvalue weighted by Crippen LogP contribution is -1.96. The van der Waals surface area contributed by atoms with Gasteiger partial charge >= 0.3 is 0 Å². The first-order chi connectivity index (χ1) is 10.0. The molecule has 0 bridgehead atoms. The minimum Gasteiger partial charge on any atom is -0.416 e. The molecule has 0 atom stereocenters. The van der Waals surface area contributed by atoms with E-state index in [1.165, 1.54) is 12.1 Å². The highest BCUT2D eigenvalue weighted by Crippen LogP contribution is 2.24. The van der Waals surface area contributed by atoms with Crippen LogP contribution in [0.1, 0.15) is 0 Å². The van der Waals surface area contributed by atoms with Gasteiger partial charge in [0.25, 0.3) is 0 Å². The van der Waals surface area contributed by atoms with Crippen LogP contribution in [-0.4, -0.2) is 29.9 Å². The third-order valence-electron chi connectivity index (χ3n) is 2.86. The number of nitrogens with zero attached hydrogens (tertiary/aromatic N) is 3. The highest BCUT2D eigenvalue weighted by molar-refractivity contribution is 7.90. The van der Waals surface area contributed by atoms with Crippen molar-refractivity contribution in [2.24, 2.45) is 0 Å². The van der Waals surface area contributed by atoms with Crippen molar-refractivity contribution in [2.45, 2.75) is 4.90 Å². The molecule has 3 aromatic rings. The van der Waals surface area contributed by atoms with Crippen molar-refractivity contribution >= 4 is 9.84 Å². The molecule has 0 unspecified atom stereocenters. The van der Waals surface area contributed by atoms with Crippen molar-refractivity contribution in [3.05, 3.63) is 48.8 Å². The minimum absolute atomic E-state index is 0.248. The third-order valence-corrected chi connectivity index (χ3v) is 3.99. The predicted molar refractivity (Wildman–Crippen MR) is 76.1 cm³/mol. The number of hydrogen-bond acceptors (Lipinski definition) is 6. The van der Waals surface area contributed by atoms with Gasteiger partial charge in [-0.05, 0) is 36.4 Å². The molecule has 0 N–H and O–H groups in total. The average Bonchev–Trinajstić information content (AvgIpc) is 2.97. The molecule has 0 spiro atoms. The number of benzene rings is 1. The van der Waals surface area contributed by atoms with Gasteiger partial charge in [0.05, 0.1) is 10.5 Å². The molecule has 2 aromatic heterocycles. The molecule has 0 radical (unpaired) electrons. The fourth-order valence-electron chi connectivity index (χ4n) is 1.79. The molecule has 0 saturated heterocycles. The Morgan fingerprint density at radius 2 is 1.62 bits per heavy atom. The molecule has 3 rings (SSSR count). The number of sulfone groups is 1. The topological polar surface area (TPSA) is 86.0 Å². The van der Waals surface area contributed by atoms with Gasteiger partial charge in [0.2, 0.25) is 11.8 Å². The van der Waals surface area contributed by atoms with Crippen LogP contribution >= 0.6 is 0 Å². The normalized spacial score (nSPS) is 11.5. The second-order valence-corrected chi connectivity index (χ2v) is 6.47. The molecule has 6 nitrogen and oxygen atoms in total. The molecule has 21 heavy (non-hydrogen) atoms. The van der Waals surface area contributed by atoms with Crippen molar-refractivity contribution in [3.8, 4) is 22.9 Å². The molecule has 1 aromatic carbocycles. The summed E-state index contributed by atoms with van der Waals surface area (Å²) in [5.41, 5.74) is 1.38. The summed E-state index contributed by atoms with van der Waals surface area (Å²) in [7, 11) is -3.21. The van der Waals surface area contributed by atoms with Crippen molar-refractivity contribution in [1.29, 1.82) is 0 Å². The lowest BCUT2D eigenvalue weighted by Gasteiger charge is -1.99. The Hall–Kier alpha value is -2.54. The number of aromatic nitrogens is 3. The van der Waals surface area contributed by atoms with Gasteiger partial charge in [-0.1, -0.05) is 0 Å². The second kappa shape index (κ2) is 5.10. The van der Waals surface area contributed by atoms with E-state index in [4.69, 9.17) is 4.42 Å². The van der Waals surface area contributed by atoms with Gasteiger partial charge in [0, 0.05) is 24.2 Å². The standard InChI is InChI=1S/C14H11N3O3S/c1-21(18,19)12-6-4-10(5-7-12)13-16-17-14(20-13)11-3-2-8-15-9-11/h2-9H,1H3. The summed E-state index contributed by atoms with van der Waals surface area (Å²) < 4.78 is 28.4. The maximum absolute atomic E-state index is 11.4. The molecular weight excluding hydrogens is 290 g/mol. The van der Waals surface area contributed by atoms with E-state index < -0.39 is 9.84 Å². The van der Waals surface area contributed by atoms with Gasteiger partial charge in [0.1, 0.15) is 0 Å². The SMILES string of the molecule is CS(=O)(=O)c1ccc(-c2nnc(-c3cccnc3)o2)cc1. The van der Waals surface area contributed by atoms with Crippen molar-refractivity contribution in [2.75, 3.05) is 6.26 Å². The quantitative estimate of drug-likeness (QED) is 0.737. The maximum Gasteiger partial charge on any atom is 0.249 e. The molecule has 0 aliphatic rings. The summed E-state index contributed by atoms with van der Waals surface area (Å²) in [6, 6.07) is 9.89. The Balaban J connectivity index is 1.94. The molecule has 0 aliphatic carbocycles. The van der Waals surface area contributed by atoms with E-state index in [-0.39, 0.29) is 4.90 Å². The summed E-state index contributed by atoms with van der Waals surface area (Å²) in [5.74, 6) is 0.694. The minimum atomic E-state index is -3.21. The van der Waals surface area contributed by atoms with Gasteiger partial charge in [-0.25, -0.2) is 8.42 Å². The van der Waals surface area contributed by atoms with Crippen LogP contribution in [0.4, 0.5) is 0 Å². The van der Waals surface area contributed by atoms with E-state index >= 15 is 0 Å². The molecule has 0 fully saturated rings. The summed E-state index contributed by atoms with van der Waals surface area (Å²) in [5, 5.41) is 7.92. The first kappa shape index (κ1) is 13.4. The van der Waals surface area contributed by atoms with Crippen molar-refractivity contribution < 1.29 is 12.8 Å². The van der Waals surface area contributed by atoms with E-state index in [2.05, 4.69) is 15.2 Å². The predicted octanol–water partition coefficient (Wildman–Crippen LogP) is 2.20. The highest BCUT2D eigenvalue weighted by Gasteiger charge is 2.12.